The molecule has 0 saturated carbocycles. The van der Waals surface area contributed by atoms with Crippen molar-refractivity contribution in [2.45, 2.75) is 0 Å². The molecule has 0 aliphatic heterocycles. The van der Waals surface area contributed by atoms with Gasteiger partial charge in [0.05, 0.1) is 10.4 Å². The molecule has 2 aromatic heterocycles. The van der Waals surface area contributed by atoms with Gasteiger partial charge in [0, 0.05) is 6.20 Å². The van der Waals surface area contributed by atoms with Gasteiger partial charge in [0.2, 0.25) is 0 Å². The number of esters is 1. The molecule has 0 saturated heterocycles. The maximum absolute atomic E-state index is 11.6. The number of halogens is 1. The van der Waals surface area contributed by atoms with E-state index in [9.17, 15) is 14.4 Å². The normalized spacial score (nSPS) is 9.95. The van der Waals surface area contributed by atoms with Gasteiger partial charge in [-0.25, -0.2) is 9.78 Å². The lowest BCUT2D eigenvalue weighted by Crippen LogP contribution is -2.33. The van der Waals surface area contributed by atoms with Crippen LogP contribution in [0.3, 0.4) is 0 Å². The Hall–Kier alpha value is -2.25. The van der Waals surface area contributed by atoms with Gasteiger partial charge in [-0.15, -0.1) is 11.3 Å². The molecule has 6 nitrogen and oxygen atoms in total. The van der Waals surface area contributed by atoms with E-state index in [1.165, 1.54) is 29.7 Å². The third-order valence-electron chi connectivity index (χ3n) is 2.30. The number of rotatable bonds is 4. The van der Waals surface area contributed by atoms with E-state index in [0.29, 0.717) is 4.88 Å². The van der Waals surface area contributed by atoms with E-state index in [0.717, 1.165) is 0 Å². The monoisotopic (exact) mass is 324 g/mol. The average molecular weight is 325 g/mol. The molecule has 0 fully saturated rings. The fraction of sp³-hybridized carbons (Fsp3) is 0.0769. The van der Waals surface area contributed by atoms with E-state index in [1.54, 1.807) is 17.5 Å². The second-order valence-corrected chi connectivity index (χ2v) is 5.14. The van der Waals surface area contributed by atoms with Crippen molar-refractivity contribution in [1.82, 2.24) is 10.3 Å². The SMILES string of the molecule is O=C(COC(=O)c1ccc(Cl)nc1)NC(=O)c1cccs1. The highest BCUT2D eigenvalue weighted by Gasteiger charge is 2.14. The maximum Gasteiger partial charge on any atom is 0.340 e. The molecule has 2 aromatic rings. The number of aromatic nitrogens is 1. The number of nitrogens with one attached hydrogen (secondary N) is 1. The number of nitrogens with zero attached hydrogens (tertiary/aromatic N) is 1. The molecule has 108 valence electrons. The van der Waals surface area contributed by atoms with Gasteiger partial charge >= 0.3 is 5.97 Å². The van der Waals surface area contributed by atoms with Crippen LogP contribution in [0.4, 0.5) is 0 Å². The summed E-state index contributed by atoms with van der Waals surface area (Å²) in [5, 5.41) is 4.07. The minimum Gasteiger partial charge on any atom is -0.452 e. The van der Waals surface area contributed by atoms with Crippen LogP contribution in [0.5, 0.6) is 0 Å². The van der Waals surface area contributed by atoms with Gasteiger partial charge in [0.15, 0.2) is 6.61 Å². The van der Waals surface area contributed by atoms with Crippen LogP contribution in [0.1, 0.15) is 20.0 Å². The number of carbonyl (C=O) groups excluding carboxylic acids is 3. The summed E-state index contributed by atoms with van der Waals surface area (Å²) in [6.45, 7) is -0.557. The van der Waals surface area contributed by atoms with E-state index in [1.807, 2.05) is 0 Å². The van der Waals surface area contributed by atoms with Crippen LogP contribution in [0.25, 0.3) is 0 Å². The summed E-state index contributed by atoms with van der Waals surface area (Å²) in [5.74, 6) is -1.96. The molecule has 2 rings (SSSR count). The Balaban J connectivity index is 1.82. The summed E-state index contributed by atoms with van der Waals surface area (Å²) in [7, 11) is 0. The van der Waals surface area contributed by atoms with Gasteiger partial charge in [-0.2, -0.15) is 0 Å². The van der Waals surface area contributed by atoms with Crippen molar-refractivity contribution in [3.8, 4) is 0 Å². The lowest BCUT2D eigenvalue weighted by atomic mass is 10.3. The standard InChI is InChI=1S/C13H9ClN2O4S/c14-10-4-3-8(6-15-10)13(19)20-7-11(17)16-12(18)9-2-1-5-21-9/h1-6H,7H2,(H,16,17,18). The zero-order valence-electron chi connectivity index (χ0n) is 10.5. The molecule has 0 aliphatic carbocycles. The lowest BCUT2D eigenvalue weighted by Gasteiger charge is -2.05. The summed E-state index contributed by atoms with van der Waals surface area (Å²) < 4.78 is 4.77. The fourth-order valence-corrected chi connectivity index (χ4v) is 2.07. The van der Waals surface area contributed by atoms with Gasteiger partial charge in [0.25, 0.3) is 11.8 Å². The molecule has 2 heterocycles. The quantitative estimate of drug-likeness (QED) is 0.686. The Labute approximate surface area is 128 Å². The molecule has 1 N–H and O–H groups in total. The topological polar surface area (TPSA) is 85.4 Å². The predicted octanol–water partition coefficient (Wildman–Crippen LogP) is 1.91. The predicted molar refractivity (Wildman–Crippen MR) is 76.3 cm³/mol. The van der Waals surface area contributed by atoms with Crippen molar-refractivity contribution in [3.05, 3.63) is 51.4 Å². The molecule has 0 spiro atoms. The number of hydrogen-bond acceptors (Lipinski definition) is 6. The lowest BCUT2D eigenvalue weighted by molar-refractivity contribution is -0.123. The molecule has 0 aromatic carbocycles. The number of amides is 2. The highest BCUT2D eigenvalue weighted by atomic mass is 35.5. The first-order chi connectivity index (χ1) is 10.1. The fourth-order valence-electron chi connectivity index (χ4n) is 1.34. The minimum atomic E-state index is -0.724. The summed E-state index contributed by atoms with van der Waals surface area (Å²) in [6.07, 6.45) is 1.24. The van der Waals surface area contributed by atoms with Crippen LogP contribution in [-0.4, -0.2) is 29.4 Å². The first kappa shape index (κ1) is 15.1. The van der Waals surface area contributed by atoms with Crippen molar-refractivity contribution >= 4 is 40.7 Å². The molecule has 0 atom stereocenters. The summed E-state index contributed by atoms with van der Waals surface area (Å²) in [6, 6.07) is 6.13. The Morgan fingerprint density at radius 2 is 2.10 bits per heavy atom. The number of hydrogen-bond donors (Lipinski definition) is 1. The van der Waals surface area contributed by atoms with E-state index in [2.05, 4.69) is 10.3 Å². The van der Waals surface area contributed by atoms with Gasteiger partial charge in [-0.1, -0.05) is 17.7 Å². The van der Waals surface area contributed by atoms with Crippen LogP contribution in [0.2, 0.25) is 5.15 Å². The number of thiophene rings is 1. The molecule has 0 radical (unpaired) electrons. The Morgan fingerprint density at radius 1 is 1.29 bits per heavy atom. The van der Waals surface area contributed by atoms with Crippen LogP contribution >= 0.6 is 22.9 Å². The highest BCUT2D eigenvalue weighted by molar-refractivity contribution is 7.12. The zero-order valence-corrected chi connectivity index (χ0v) is 12.1. The highest BCUT2D eigenvalue weighted by Crippen LogP contribution is 2.08. The summed E-state index contributed by atoms with van der Waals surface area (Å²) in [5.41, 5.74) is 0.164. The molecule has 2 amide bonds. The second kappa shape index (κ2) is 6.96. The first-order valence-corrected chi connectivity index (χ1v) is 6.98. The third kappa shape index (κ3) is 4.37. The molecule has 21 heavy (non-hydrogen) atoms. The smallest absolute Gasteiger partial charge is 0.340 e. The molecule has 0 aliphatic rings. The van der Waals surface area contributed by atoms with Crippen LogP contribution < -0.4 is 5.32 Å². The van der Waals surface area contributed by atoms with E-state index in [4.69, 9.17) is 16.3 Å². The summed E-state index contributed by atoms with van der Waals surface area (Å²) >= 11 is 6.79. The van der Waals surface area contributed by atoms with Gasteiger partial charge < -0.3 is 4.74 Å². The van der Waals surface area contributed by atoms with Gasteiger partial charge in [0.1, 0.15) is 5.15 Å². The Kier molecular flexibility index (Phi) is 5.02. The first-order valence-electron chi connectivity index (χ1n) is 5.72. The largest absolute Gasteiger partial charge is 0.452 e. The maximum atomic E-state index is 11.6. The van der Waals surface area contributed by atoms with Gasteiger partial charge in [-0.05, 0) is 23.6 Å². The van der Waals surface area contributed by atoms with Crippen LogP contribution in [0.15, 0.2) is 35.8 Å². The van der Waals surface area contributed by atoms with Crippen molar-refractivity contribution in [1.29, 1.82) is 0 Å². The van der Waals surface area contributed by atoms with Crippen LogP contribution in [0, 0.1) is 0 Å². The molecule has 0 bridgehead atoms. The minimum absolute atomic E-state index is 0.164. The number of pyridine rings is 1. The average Bonchev–Trinajstić information content (AvgIpc) is 3.00. The molecular weight excluding hydrogens is 316 g/mol. The van der Waals surface area contributed by atoms with Crippen molar-refractivity contribution in [2.24, 2.45) is 0 Å². The van der Waals surface area contributed by atoms with Crippen LogP contribution in [-0.2, 0) is 9.53 Å². The van der Waals surface area contributed by atoms with E-state index < -0.39 is 24.4 Å². The van der Waals surface area contributed by atoms with Gasteiger partial charge in [-0.3, -0.25) is 14.9 Å². The third-order valence-corrected chi connectivity index (χ3v) is 3.39. The van der Waals surface area contributed by atoms with Crippen molar-refractivity contribution < 1.29 is 19.1 Å². The van der Waals surface area contributed by atoms with Crippen molar-refractivity contribution in [3.63, 3.8) is 0 Å². The molecule has 8 heteroatoms. The molecule has 0 unspecified atom stereocenters. The van der Waals surface area contributed by atoms with E-state index >= 15 is 0 Å². The Morgan fingerprint density at radius 3 is 2.71 bits per heavy atom. The zero-order chi connectivity index (χ0) is 15.2. The second-order valence-electron chi connectivity index (χ2n) is 3.80. The van der Waals surface area contributed by atoms with Crippen molar-refractivity contribution in [2.75, 3.05) is 6.61 Å². The number of carbonyl (C=O) groups is 3. The molecular formula is C13H9ClN2O4S. The number of imide groups is 1. The van der Waals surface area contributed by atoms with E-state index in [-0.39, 0.29) is 10.7 Å². The Bertz CT molecular complexity index is 655. The number of ether oxygens (including phenoxy) is 1. The summed E-state index contributed by atoms with van der Waals surface area (Å²) in [4.78, 5) is 38.8.